The standard InChI is InChI=1S/C22H23N5O/c1-16(18-8-10-20(11-9-18)28-19-6-4-3-5-7-19)25-22-24-13-12-21(26-22)27-15-14-23-17(27)2/h3-13,16,23H,2,14-15H2,1H3,(H,24,25,26). The zero-order valence-corrected chi connectivity index (χ0v) is 15.8. The van der Waals surface area contributed by atoms with Crippen molar-refractivity contribution in [3.8, 4) is 11.5 Å². The van der Waals surface area contributed by atoms with Crippen molar-refractivity contribution in [1.29, 1.82) is 0 Å². The maximum absolute atomic E-state index is 5.85. The molecule has 3 aromatic rings. The lowest BCUT2D eigenvalue weighted by Crippen LogP contribution is -2.20. The zero-order chi connectivity index (χ0) is 19.3. The monoisotopic (exact) mass is 373 g/mol. The number of hydrogen-bond donors (Lipinski definition) is 2. The SMILES string of the molecule is C=C1NCCN1c1ccnc(NC(C)c2ccc(Oc3ccccc3)cc2)n1. The van der Waals surface area contributed by atoms with E-state index in [2.05, 4.69) is 34.1 Å². The summed E-state index contributed by atoms with van der Waals surface area (Å²) in [5.74, 6) is 3.93. The van der Waals surface area contributed by atoms with Gasteiger partial charge in [0.2, 0.25) is 5.95 Å². The van der Waals surface area contributed by atoms with E-state index in [1.807, 2.05) is 65.6 Å². The molecule has 2 N–H and O–H groups in total. The van der Waals surface area contributed by atoms with E-state index in [0.717, 1.165) is 41.8 Å². The summed E-state index contributed by atoms with van der Waals surface area (Å²) < 4.78 is 5.85. The highest BCUT2D eigenvalue weighted by Gasteiger charge is 2.18. The molecule has 6 nitrogen and oxygen atoms in total. The first-order chi connectivity index (χ1) is 13.7. The molecule has 4 rings (SSSR count). The van der Waals surface area contributed by atoms with Crippen LogP contribution in [0.1, 0.15) is 18.5 Å². The number of aromatic nitrogens is 2. The quantitative estimate of drug-likeness (QED) is 0.671. The van der Waals surface area contributed by atoms with Crippen LogP contribution in [0.3, 0.4) is 0 Å². The Hall–Kier alpha value is -3.54. The maximum Gasteiger partial charge on any atom is 0.225 e. The van der Waals surface area contributed by atoms with Gasteiger partial charge in [-0.15, -0.1) is 0 Å². The van der Waals surface area contributed by atoms with E-state index in [4.69, 9.17) is 4.74 Å². The van der Waals surface area contributed by atoms with E-state index < -0.39 is 0 Å². The van der Waals surface area contributed by atoms with Gasteiger partial charge in [0.05, 0.1) is 11.9 Å². The van der Waals surface area contributed by atoms with E-state index in [1.165, 1.54) is 0 Å². The number of nitrogens with zero attached hydrogens (tertiary/aromatic N) is 3. The zero-order valence-electron chi connectivity index (χ0n) is 15.8. The summed E-state index contributed by atoms with van der Waals surface area (Å²) in [6.07, 6.45) is 1.76. The molecule has 1 aromatic heterocycles. The number of rotatable bonds is 6. The van der Waals surface area contributed by atoms with Gasteiger partial charge in [0.25, 0.3) is 0 Å². The molecule has 1 unspecified atom stereocenters. The summed E-state index contributed by atoms with van der Waals surface area (Å²) in [6, 6.07) is 19.7. The topological polar surface area (TPSA) is 62.3 Å². The molecule has 142 valence electrons. The largest absolute Gasteiger partial charge is 0.457 e. The summed E-state index contributed by atoms with van der Waals surface area (Å²) in [5, 5.41) is 6.58. The number of benzene rings is 2. The molecule has 1 aliphatic rings. The van der Waals surface area contributed by atoms with Gasteiger partial charge in [-0.25, -0.2) is 4.98 Å². The summed E-state index contributed by atoms with van der Waals surface area (Å²) in [6.45, 7) is 7.82. The van der Waals surface area contributed by atoms with Crippen molar-refractivity contribution >= 4 is 11.8 Å². The van der Waals surface area contributed by atoms with Crippen molar-refractivity contribution in [1.82, 2.24) is 15.3 Å². The number of para-hydroxylation sites is 1. The molecule has 2 aromatic carbocycles. The third-order valence-electron chi connectivity index (χ3n) is 4.61. The first-order valence-corrected chi connectivity index (χ1v) is 9.32. The Kier molecular flexibility index (Phi) is 5.10. The average molecular weight is 373 g/mol. The van der Waals surface area contributed by atoms with Crippen LogP contribution in [0.2, 0.25) is 0 Å². The van der Waals surface area contributed by atoms with Crippen LogP contribution in [-0.4, -0.2) is 23.1 Å². The summed E-state index contributed by atoms with van der Waals surface area (Å²) in [4.78, 5) is 11.0. The van der Waals surface area contributed by atoms with Gasteiger partial charge in [-0.05, 0) is 42.8 Å². The molecule has 1 fully saturated rings. The second-order valence-corrected chi connectivity index (χ2v) is 6.61. The number of nitrogens with one attached hydrogen (secondary N) is 2. The van der Waals surface area contributed by atoms with Crippen LogP contribution in [0.5, 0.6) is 11.5 Å². The fourth-order valence-corrected chi connectivity index (χ4v) is 3.09. The molecule has 1 aliphatic heterocycles. The fourth-order valence-electron chi connectivity index (χ4n) is 3.09. The normalized spacial score (nSPS) is 14.5. The second kappa shape index (κ2) is 8.00. The van der Waals surface area contributed by atoms with Crippen LogP contribution in [-0.2, 0) is 0 Å². The van der Waals surface area contributed by atoms with Gasteiger partial charge >= 0.3 is 0 Å². The third kappa shape index (κ3) is 4.06. The van der Waals surface area contributed by atoms with Crippen LogP contribution in [0.25, 0.3) is 0 Å². The molecule has 0 radical (unpaired) electrons. The molecule has 0 amide bonds. The van der Waals surface area contributed by atoms with E-state index in [-0.39, 0.29) is 6.04 Å². The van der Waals surface area contributed by atoms with Crippen LogP contribution < -0.4 is 20.3 Å². The summed E-state index contributed by atoms with van der Waals surface area (Å²) >= 11 is 0. The Morgan fingerprint density at radius 1 is 1.07 bits per heavy atom. The molecule has 0 spiro atoms. The Morgan fingerprint density at radius 3 is 2.54 bits per heavy atom. The van der Waals surface area contributed by atoms with Gasteiger partial charge in [-0.3, -0.25) is 0 Å². The minimum atomic E-state index is 0.0564. The average Bonchev–Trinajstić information content (AvgIpc) is 3.15. The van der Waals surface area contributed by atoms with Crippen molar-refractivity contribution < 1.29 is 4.74 Å². The fraction of sp³-hybridized carbons (Fsp3) is 0.182. The highest BCUT2D eigenvalue weighted by atomic mass is 16.5. The summed E-state index contributed by atoms with van der Waals surface area (Å²) in [5.41, 5.74) is 1.13. The molecular formula is C22H23N5O. The molecular weight excluding hydrogens is 350 g/mol. The van der Waals surface area contributed by atoms with E-state index in [0.29, 0.717) is 5.95 Å². The highest BCUT2D eigenvalue weighted by Crippen LogP contribution is 2.25. The lowest BCUT2D eigenvalue weighted by molar-refractivity contribution is 0.482. The molecule has 0 saturated carbocycles. The van der Waals surface area contributed by atoms with Gasteiger partial charge in [-0.1, -0.05) is 36.9 Å². The van der Waals surface area contributed by atoms with E-state index in [9.17, 15) is 0 Å². The minimum Gasteiger partial charge on any atom is -0.457 e. The predicted octanol–water partition coefficient (Wildman–Crippen LogP) is 4.32. The summed E-state index contributed by atoms with van der Waals surface area (Å²) in [7, 11) is 0. The predicted molar refractivity (Wildman–Crippen MR) is 112 cm³/mol. The number of ether oxygens (including phenoxy) is 1. The second-order valence-electron chi connectivity index (χ2n) is 6.61. The van der Waals surface area contributed by atoms with Gasteiger partial charge in [-0.2, -0.15) is 4.98 Å². The molecule has 6 heteroatoms. The van der Waals surface area contributed by atoms with E-state index in [1.54, 1.807) is 6.20 Å². The molecule has 28 heavy (non-hydrogen) atoms. The first-order valence-electron chi connectivity index (χ1n) is 9.32. The Balaban J connectivity index is 1.42. The minimum absolute atomic E-state index is 0.0564. The van der Waals surface area contributed by atoms with Crippen LogP contribution in [0.4, 0.5) is 11.8 Å². The maximum atomic E-state index is 5.85. The van der Waals surface area contributed by atoms with E-state index >= 15 is 0 Å². The first kappa shape index (κ1) is 17.9. The van der Waals surface area contributed by atoms with Gasteiger partial charge in [0, 0.05) is 19.3 Å². The van der Waals surface area contributed by atoms with Crippen LogP contribution >= 0.6 is 0 Å². The molecule has 0 bridgehead atoms. The lowest BCUT2D eigenvalue weighted by atomic mass is 10.1. The van der Waals surface area contributed by atoms with Crippen molar-refractivity contribution in [2.45, 2.75) is 13.0 Å². The number of hydrogen-bond acceptors (Lipinski definition) is 6. The van der Waals surface area contributed by atoms with Crippen molar-refractivity contribution in [2.75, 3.05) is 23.3 Å². The van der Waals surface area contributed by atoms with Crippen molar-refractivity contribution in [3.63, 3.8) is 0 Å². The lowest BCUT2D eigenvalue weighted by Gasteiger charge is -2.19. The van der Waals surface area contributed by atoms with Gasteiger partial charge < -0.3 is 20.3 Å². The van der Waals surface area contributed by atoms with Crippen LogP contribution in [0, 0.1) is 0 Å². The molecule has 1 atom stereocenters. The smallest absolute Gasteiger partial charge is 0.225 e. The van der Waals surface area contributed by atoms with Gasteiger partial charge in [0.15, 0.2) is 0 Å². The third-order valence-corrected chi connectivity index (χ3v) is 4.61. The molecule has 1 saturated heterocycles. The van der Waals surface area contributed by atoms with Crippen molar-refractivity contribution in [2.24, 2.45) is 0 Å². The van der Waals surface area contributed by atoms with Gasteiger partial charge in [0.1, 0.15) is 17.3 Å². The van der Waals surface area contributed by atoms with Crippen LogP contribution in [0.15, 0.2) is 79.3 Å². The number of anilines is 2. The molecule has 0 aliphatic carbocycles. The Bertz CT molecular complexity index is 943. The highest BCUT2D eigenvalue weighted by molar-refractivity contribution is 5.49. The Morgan fingerprint density at radius 2 is 1.82 bits per heavy atom. The molecule has 2 heterocycles. The Labute approximate surface area is 164 Å². The van der Waals surface area contributed by atoms with Crippen molar-refractivity contribution in [3.05, 3.63) is 84.8 Å².